The maximum atomic E-state index is 12.8. The first-order valence-corrected chi connectivity index (χ1v) is 9.76. The Morgan fingerprint density at radius 2 is 1.59 bits per heavy atom. The SMILES string of the molecule is CCCCCCCCOC(=O)CC(SOOO)C(=O)OCCC(F)(F)C(F)(F)F. The topological polar surface area (TPSA) is 91.3 Å². The largest absolute Gasteiger partial charge is 0.466 e. The summed E-state index contributed by atoms with van der Waals surface area (Å²) in [6, 6.07) is 0. The van der Waals surface area contributed by atoms with Gasteiger partial charge in [-0.1, -0.05) is 44.1 Å². The van der Waals surface area contributed by atoms with E-state index in [2.05, 4.69) is 21.0 Å². The number of hydrogen-bond acceptors (Lipinski definition) is 8. The van der Waals surface area contributed by atoms with Gasteiger partial charge in [-0.25, -0.2) is 5.26 Å². The summed E-state index contributed by atoms with van der Waals surface area (Å²) in [5.74, 6) is -7.17. The normalized spacial score (nSPS) is 13.2. The molecule has 0 aliphatic carbocycles. The van der Waals surface area contributed by atoms with E-state index in [1.165, 1.54) is 0 Å². The number of rotatable bonds is 16. The fourth-order valence-electron chi connectivity index (χ4n) is 2.01. The molecule has 0 saturated heterocycles. The third-order valence-electron chi connectivity index (χ3n) is 3.64. The Morgan fingerprint density at radius 3 is 2.17 bits per heavy atom. The summed E-state index contributed by atoms with van der Waals surface area (Å²) in [4.78, 5) is 23.6. The molecule has 29 heavy (non-hydrogen) atoms. The third-order valence-corrected chi connectivity index (χ3v) is 4.37. The van der Waals surface area contributed by atoms with Crippen molar-refractivity contribution in [1.29, 1.82) is 0 Å². The van der Waals surface area contributed by atoms with Gasteiger partial charge in [0.25, 0.3) is 0 Å². The minimum atomic E-state index is -5.78. The van der Waals surface area contributed by atoms with Crippen LogP contribution < -0.4 is 0 Å². The van der Waals surface area contributed by atoms with Crippen LogP contribution in [0.4, 0.5) is 22.0 Å². The molecular formula is C16H25F5O7S. The van der Waals surface area contributed by atoms with E-state index in [1.54, 1.807) is 0 Å². The highest BCUT2D eigenvalue weighted by atomic mass is 32.2. The van der Waals surface area contributed by atoms with Crippen LogP contribution in [0.3, 0.4) is 0 Å². The molecule has 0 aromatic rings. The molecule has 0 aromatic heterocycles. The second-order valence-corrected chi connectivity index (χ2v) is 6.94. The van der Waals surface area contributed by atoms with Crippen LogP contribution in [0.5, 0.6) is 0 Å². The quantitative estimate of drug-likeness (QED) is 0.0880. The number of ether oxygens (including phenoxy) is 2. The Labute approximate surface area is 169 Å². The number of esters is 2. The monoisotopic (exact) mass is 456 g/mol. The Hall–Kier alpha value is -1.18. The lowest BCUT2D eigenvalue weighted by molar-refractivity contribution is -0.432. The van der Waals surface area contributed by atoms with Gasteiger partial charge in [0.15, 0.2) is 0 Å². The van der Waals surface area contributed by atoms with Crippen LogP contribution in [0.25, 0.3) is 0 Å². The molecule has 0 amide bonds. The molecule has 0 aromatic carbocycles. The third kappa shape index (κ3) is 12.9. The standard InChI is InChI=1S/C16H25F5O7S/c1-2-3-4-5-6-7-9-25-13(22)11-12(29-28-27-24)14(23)26-10-8-15(17,18)16(19,20)21/h12,24H,2-11H2,1H3. The Bertz CT molecular complexity index is 477. The van der Waals surface area contributed by atoms with Crippen LogP contribution >= 0.6 is 12.0 Å². The summed E-state index contributed by atoms with van der Waals surface area (Å²) in [7, 11) is 0. The van der Waals surface area contributed by atoms with Crippen molar-refractivity contribution in [2.24, 2.45) is 0 Å². The van der Waals surface area contributed by atoms with Crippen molar-refractivity contribution in [1.82, 2.24) is 0 Å². The van der Waals surface area contributed by atoms with Crippen LogP contribution in [-0.2, 0) is 28.4 Å². The zero-order valence-electron chi connectivity index (χ0n) is 15.8. The molecule has 0 heterocycles. The molecule has 1 unspecified atom stereocenters. The summed E-state index contributed by atoms with van der Waals surface area (Å²) in [6.07, 6.45) is -2.45. The van der Waals surface area contributed by atoms with Crippen LogP contribution in [-0.4, -0.2) is 47.8 Å². The molecule has 0 aliphatic rings. The summed E-state index contributed by atoms with van der Waals surface area (Å²) >= 11 is 0.117. The molecule has 0 rings (SSSR count). The molecule has 172 valence electrons. The molecule has 0 saturated carbocycles. The molecule has 1 atom stereocenters. The Morgan fingerprint density at radius 1 is 0.966 bits per heavy atom. The van der Waals surface area contributed by atoms with Crippen molar-refractivity contribution in [2.45, 2.75) is 75.6 Å². The maximum Gasteiger partial charge on any atom is 0.453 e. The highest BCUT2D eigenvalue weighted by Gasteiger charge is 2.57. The van der Waals surface area contributed by atoms with Gasteiger partial charge in [0, 0.05) is 0 Å². The highest BCUT2D eigenvalue weighted by molar-refractivity contribution is 7.95. The Kier molecular flexibility index (Phi) is 14.1. The van der Waals surface area contributed by atoms with E-state index in [9.17, 15) is 31.5 Å². The smallest absolute Gasteiger partial charge is 0.453 e. The molecule has 7 nitrogen and oxygen atoms in total. The molecule has 0 radical (unpaired) electrons. The molecule has 0 fully saturated rings. The molecule has 13 heteroatoms. The lowest BCUT2D eigenvalue weighted by atomic mass is 10.1. The predicted octanol–water partition coefficient (Wildman–Crippen LogP) is 4.85. The molecular weight excluding hydrogens is 431 g/mol. The van der Waals surface area contributed by atoms with Crippen molar-refractivity contribution in [2.75, 3.05) is 13.2 Å². The van der Waals surface area contributed by atoms with E-state index in [-0.39, 0.29) is 18.6 Å². The van der Waals surface area contributed by atoms with Crippen molar-refractivity contribution in [3.63, 3.8) is 0 Å². The fraction of sp³-hybridized carbons (Fsp3) is 0.875. The molecule has 0 aliphatic heterocycles. The van der Waals surface area contributed by atoms with Gasteiger partial charge < -0.3 is 9.47 Å². The van der Waals surface area contributed by atoms with Gasteiger partial charge in [0.1, 0.15) is 5.25 Å². The molecule has 0 bridgehead atoms. The minimum absolute atomic E-state index is 0.104. The summed E-state index contributed by atoms with van der Waals surface area (Å²) in [5.41, 5.74) is 0. The lowest BCUT2D eigenvalue weighted by Crippen LogP contribution is -2.38. The first-order chi connectivity index (χ1) is 13.5. The van der Waals surface area contributed by atoms with E-state index >= 15 is 0 Å². The molecule has 1 N–H and O–H groups in total. The number of hydrogen-bond donors (Lipinski definition) is 1. The van der Waals surface area contributed by atoms with Gasteiger partial charge in [-0.2, -0.15) is 22.0 Å². The predicted molar refractivity (Wildman–Crippen MR) is 91.7 cm³/mol. The average Bonchev–Trinajstić information content (AvgIpc) is 2.63. The first-order valence-electron chi connectivity index (χ1n) is 8.95. The van der Waals surface area contributed by atoms with Gasteiger partial charge >= 0.3 is 24.0 Å². The highest BCUT2D eigenvalue weighted by Crippen LogP contribution is 2.38. The number of unbranched alkanes of at least 4 members (excludes halogenated alkanes) is 5. The van der Waals surface area contributed by atoms with Crippen LogP contribution in [0.15, 0.2) is 0 Å². The van der Waals surface area contributed by atoms with E-state index in [0.29, 0.717) is 6.42 Å². The summed E-state index contributed by atoms with van der Waals surface area (Å²) in [5, 5.41) is 9.92. The second kappa shape index (κ2) is 14.7. The van der Waals surface area contributed by atoms with Crippen LogP contribution in [0.1, 0.15) is 58.3 Å². The zero-order valence-corrected chi connectivity index (χ0v) is 16.7. The van der Waals surface area contributed by atoms with Crippen LogP contribution in [0, 0.1) is 0 Å². The zero-order chi connectivity index (χ0) is 22.3. The van der Waals surface area contributed by atoms with Crippen LogP contribution in [0.2, 0.25) is 0 Å². The van der Waals surface area contributed by atoms with Gasteiger partial charge in [-0.3, -0.25) is 9.59 Å². The van der Waals surface area contributed by atoms with E-state index in [0.717, 1.165) is 32.1 Å². The van der Waals surface area contributed by atoms with Gasteiger partial charge in [-0.05, 0) is 6.42 Å². The number of carbonyl (C=O) groups excluding carboxylic acids is 2. The lowest BCUT2D eigenvalue weighted by Gasteiger charge is -2.19. The van der Waals surface area contributed by atoms with E-state index in [1.807, 2.05) is 0 Å². The van der Waals surface area contributed by atoms with Crippen molar-refractivity contribution >= 4 is 24.0 Å². The summed E-state index contributed by atoms with van der Waals surface area (Å²) in [6.45, 7) is 0.941. The van der Waals surface area contributed by atoms with E-state index in [4.69, 9.17) is 9.99 Å². The maximum absolute atomic E-state index is 12.8. The number of alkyl halides is 5. The molecule has 0 spiro atoms. The minimum Gasteiger partial charge on any atom is -0.466 e. The van der Waals surface area contributed by atoms with Crippen molar-refractivity contribution < 1.29 is 55.6 Å². The first kappa shape index (κ1) is 27.8. The van der Waals surface area contributed by atoms with Crippen molar-refractivity contribution in [3.05, 3.63) is 0 Å². The Balaban J connectivity index is 4.34. The number of halogens is 5. The second-order valence-electron chi connectivity index (χ2n) is 6.04. The van der Waals surface area contributed by atoms with Gasteiger partial charge in [0.05, 0.1) is 38.1 Å². The fourth-order valence-corrected chi connectivity index (χ4v) is 2.50. The van der Waals surface area contributed by atoms with Gasteiger partial charge in [-0.15, -0.1) is 4.33 Å². The summed E-state index contributed by atoms with van der Waals surface area (Å²) < 4.78 is 75.1. The average molecular weight is 456 g/mol. The van der Waals surface area contributed by atoms with Gasteiger partial charge in [0.2, 0.25) is 0 Å². The van der Waals surface area contributed by atoms with E-state index < -0.39 is 48.7 Å². The number of carbonyl (C=O) groups is 2. The van der Waals surface area contributed by atoms with Crippen molar-refractivity contribution in [3.8, 4) is 0 Å².